The molecule has 10 nitrogen and oxygen atoms in total. The zero-order valence-electron chi connectivity index (χ0n) is 18.4. The number of nitrogens with zero attached hydrogens (tertiary/aromatic N) is 2. The van der Waals surface area contributed by atoms with Gasteiger partial charge in [0.05, 0.1) is 23.4 Å². The van der Waals surface area contributed by atoms with E-state index in [0.29, 0.717) is 34.1 Å². The van der Waals surface area contributed by atoms with Gasteiger partial charge >= 0.3 is 5.69 Å². The van der Waals surface area contributed by atoms with Crippen molar-refractivity contribution in [3.63, 3.8) is 0 Å². The SMILES string of the molecule is COc1ccc(Oc2c(C)cc(-n3nc(C(=O)NCC(C)O)c(=O)[nH]c3=O)cc2C)cc1Br. The highest BCUT2D eigenvalue weighted by Gasteiger charge is 2.18. The van der Waals surface area contributed by atoms with E-state index in [0.717, 1.165) is 9.15 Å². The van der Waals surface area contributed by atoms with Crippen LogP contribution in [0.1, 0.15) is 28.5 Å². The Bertz CT molecular complexity index is 1290. The number of benzene rings is 2. The summed E-state index contributed by atoms with van der Waals surface area (Å²) in [5, 5.41) is 15.7. The standard InChI is InChI=1S/C22H23BrN4O6/c1-11-7-14(8-12(2)19(11)33-15-5-6-17(32-4)16(23)9-15)27-22(31)25-21(30)18(26-27)20(29)24-10-13(3)28/h5-9,13,28H,10H2,1-4H3,(H,24,29)(H,25,30,31). The number of amides is 1. The number of H-pyrrole nitrogens is 1. The number of carbonyl (C=O) groups excluding carboxylic acids is 1. The summed E-state index contributed by atoms with van der Waals surface area (Å²) in [6.45, 7) is 5.03. The first-order valence-corrected chi connectivity index (χ1v) is 10.7. The van der Waals surface area contributed by atoms with E-state index in [1.807, 2.05) is 0 Å². The van der Waals surface area contributed by atoms with Gasteiger partial charge in [-0.05, 0) is 78.2 Å². The van der Waals surface area contributed by atoms with Crippen LogP contribution in [-0.2, 0) is 0 Å². The van der Waals surface area contributed by atoms with E-state index >= 15 is 0 Å². The quantitative estimate of drug-likeness (QED) is 0.436. The van der Waals surface area contributed by atoms with Crippen molar-refractivity contribution in [3.8, 4) is 22.9 Å². The highest BCUT2D eigenvalue weighted by Crippen LogP contribution is 2.34. The van der Waals surface area contributed by atoms with Crippen molar-refractivity contribution in [1.29, 1.82) is 0 Å². The average Bonchev–Trinajstić information content (AvgIpc) is 2.74. The van der Waals surface area contributed by atoms with E-state index in [2.05, 4.69) is 31.3 Å². The molecule has 11 heteroatoms. The third-order valence-electron chi connectivity index (χ3n) is 4.63. The second kappa shape index (κ2) is 10.0. The van der Waals surface area contributed by atoms with Gasteiger partial charge in [0, 0.05) is 6.54 Å². The fourth-order valence-electron chi connectivity index (χ4n) is 3.09. The van der Waals surface area contributed by atoms with Gasteiger partial charge in [-0.15, -0.1) is 0 Å². The fraction of sp³-hybridized carbons (Fsp3) is 0.273. The van der Waals surface area contributed by atoms with Gasteiger partial charge in [0.15, 0.2) is 0 Å². The minimum atomic E-state index is -0.919. The summed E-state index contributed by atoms with van der Waals surface area (Å²) in [7, 11) is 1.57. The molecule has 1 atom stereocenters. The summed E-state index contributed by atoms with van der Waals surface area (Å²) >= 11 is 3.42. The van der Waals surface area contributed by atoms with Crippen molar-refractivity contribution in [2.45, 2.75) is 26.9 Å². The number of aromatic amines is 1. The van der Waals surface area contributed by atoms with Gasteiger partial charge in [-0.3, -0.25) is 14.6 Å². The number of aliphatic hydroxyl groups excluding tert-OH is 1. The smallest absolute Gasteiger partial charge is 0.349 e. The van der Waals surface area contributed by atoms with Crippen molar-refractivity contribution in [1.82, 2.24) is 20.1 Å². The number of nitrogens with one attached hydrogen (secondary N) is 2. The second-order valence-corrected chi connectivity index (χ2v) is 8.24. The lowest BCUT2D eigenvalue weighted by atomic mass is 10.1. The molecule has 0 aliphatic heterocycles. The molecule has 0 saturated heterocycles. The lowest BCUT2D eigenvalue weighted by Gasteiger charge is -2.15. The highest BCUT2D eigenvalue weighted by atomic mass is 79.9. The Kier molecular flexibility index (Phi) is 7.34. The molecule has 0 radical (unpaired) electrons. The number of hydrogen-bond acceptors (Lipinski definition) is 7. The largest absolute Gasteiger partial charge is 0.496 e. The van der Waals surface area contributed by atoms with Gasteiger partial charge in [-0.1, -0.05) is 0 Å². The Morgan fingerprint density at radius 3 is 2.48 bits per heavy atom. The summed E-state index contributed by atoms with van der Waals surface area (Å²) in [6, 6.07) is 8.63. The first-order valence-electron chi connectivity index (χ1n) is 9.93. The van der Waals surface area contributed by atoms with Crippen molar-refractivity contribution in [2.75, 3.05) is 13.7 Å². The Hall–Kier alpha value is -3.44. The molecule has 0 aliphatic rings. The Morgan fingerprint density at radius 2 is 1.91 bits per heavy atom. The van der Waals surface area contributed by atoms with Crippen LogP contribution in [0.2, 0.25) is 0 Å². The van der Waals surface area contributed by atoms with Gasteiger partial charge in [0.25, 0.3) is 11.5 Å². The fourth-order valence-corrected chi connectivity index (χ4v) is 3.61. The predicted molar refractivity (Wildman–Crippen MR) is 125 cm³/mol. The molecule has 33 heavy (non-hydrogen) atoms. The molecule has 174 valence electrons. The maximum absolute atomic E-state index is 12.4. The molecule has 0 fully saturated rings. The number of aromatic nitrogens is 3. The lowest BCUT2D eigenvalue weighted by molar-refractivity contribution is 0.0915. The van der Waals surface area contributed by atoms with E-state index in [9.17, 15) is 19.5 Å². The van der Waals surface area contributed by atoms with Crippen LogP contribution in [0.3, 0.4) is 0 Å². The third kappa shape index (κ3) is 5.49. The highest BCUT2D eigenvalue weighted by molar-refractivity contribution is 9.10. The van der Waals surface area contributed by atoms with Crippen LogP contribution in [0.5, 0.6) is 17.2 Å². The van der Waals surface area contributed by atoms with Crippen molar-refractivity contribution in [3.05, 3.63) is 72.5 Å². The Labute approximate surface area is 197 Å². The third-order valence-corrected chi connectivity index (χ3v) is 5.25. The number of aryl methyl sites for hydroxylation is 2. The molecule has 1 unspecified atom stereocenters. The van der Waals surface area contributed by atoms with Crippen LogP contribution < -0.4 is 26.0 Å². The van der Waals surface area contributed by atoms with Gasteiger partial charge in [-0.25, -0.2) is 4.79 Å². The maximum Gasteiger partial charge on any atom is 0.349 e. The molecule has 1 aromatic heterocycles. The van der Waals surface area contributed by atoms with Gasteiger partial charge in [0.1, 0.15) is 17.2 Å². The zero-order chi connectivity index (χ0) is 24.3. The molecule has 2 aromatic carbocycles. The molecule has 0 aliphatic carbocycles. The maximum atomic E-state index is 12.4. The van der Waals surface area contributed by atoms with E-state index < -0.39 is 29.0 Å². The van der Waals surface area contributed by atoms with Crippen molar-refractivity contribution in [2.24, 2.45) is 0 Å². The second-order valence-electron chi connectivity index (χ2n) is 7.39. The van der Waals surface area contributed by atoms with E-state index in [1.54, 1.807) is 51.3 Å². The van der Waals surface area contributed by atoms with Gasteiger partial charge < -0.3 is 19.9 Å². The molecule has 3 rings (SSSR count). The monoisotopic (exact) mass is 518 g/mol. The topological polar surface area (TPSA) is 136 Å². The summed E-state index contributed by atoms with van der Waals surface area (Å²) in [5.74, 6) is 1.04. The minimum Gasteiger partial charge on any atom is -0.496 e. The summed E-state index contributed by atoms with van der Waals surface area (Å²) < 4.78 is 12.9. The number of aliphatic hydroxyl groups is 1. The van der Waals surface area contributed by atoms with Gasteiger partial charge in [0.2, 0.25) is 5.69 Å². The molecule has 1 heterocycles. The predicted octanol–water partition coefficient (Wildman–Crippen LogP) is 2.21. The van der Waals surface area contributed by atoms with Crippen LogP contribution in [0.15, 0.2) is 44.4 Å². The first kappa shape index (κ1) is 24.2. The average molecular weight is 519 g/mol. The summed E-state index contributed by atoms with van der Waals surface area (Å²) in [6.07, 6.45) is -0.803. The van der Waals surface area contributed by atoms with E-state index in [1.165, 1.54) is 6.92 Å². The molecular weight excluding hydrogens is 496 g/mol. The van der Waals surface area contributed by atoms with E-state index in [-0.39, 0.29) is 6.54 Å². The molecule has 3 N–H and O–H groups in total. The van der Waals surface area contributed by atoms with Gasteiger partial charge in [-0.2, -0.15) is 9.78 Å². The van der Waals surface area contributed by atoms with Crippen molar-refractivity contribution < 1.29 is 19.4 Å². The van der Waals surface area contributed by atoms with Crippen LogP contribution in [0, 0.1) is 13.8 Å². The van der Waals surface area contributed by atoms with Crippen molar-refractivity contribution >= 4 is 21.8 Å². The Morgan fingerprint density at radius 1 is 1.24 bits per heavy atom. The number of ether oxygens (including phenoxy) is 2. The zero-order valence-corrected chi connectivity index (χ0v) is 20.0. The molecule has 0 saturated carbocycles. The van der Waals surface area contributed by atoms with Crippen LogP contribution in [0.25, 0.3) is 5.69 Å². The number of methoxy groups -OCH3 is 1. The molecule has 0 spiro atoms. The van der Waals surface area contributed by atoms with Crippen LogP contribution in [-0.4, -0.2) is 45.5 Å². The molecule has 1 amide bonds. The minimum absolute atomic E-state index is 0.0647. The van der Waals surface area contributed by atoms with Crippen LogP contribution in [0.4, 0.5) is 0 Å². The van der Waals surface area contributed by atoms with E-state index in [4.69, 9.17) is 9.47 Å². The molecule has 0 bridgehead atoms. The number of carbonyl (C=O) groups is 1. The molecular formula is C22H23BrN4O6. The summed E-state index contributed by atoms with van der Waals surface area (Å²) in [4.78, 5) is 38.9. The summed E-state index contributed by atoms with van der Waals surface area (Å²) in [5.41, 5.74) is -0.446. The first-order chi connectivity index (χ1) is 15.6. The number of halogens is 1. The molecule has 3 aromatic rings. The normalized spacial score (nSPS) is 11.7. The Balaban J connectivity index is 1.97. The van der Waals surface area contributed by atoms with Crippen LogP contribution >= 0.6 is 15.9 Å². The lowest BCUT2D eigenvalue weighted by Crippen LogP contribution is -2.40. The number of hydrogen-bond donors (Lipinski definition) is 3. The number of rotatable bonds is 7.